The van der Waals surface area contributed by atoms with Gasteiger partial charge in [-0.1, -0.05) is 77.9 Å². The van der Waals surface area contributed by atoms with E-state index in [1.807, 2.05) is 103 Å². The molecule has 0 radical (unpaired) electrons. The fourth-order valence-electron chi connectivity index (χ4n) is 7.05. The second-order valence-corrected chi connectivity index (χ2v) is 12.2. The average Bonchev–Trinajstić information content (AvgIpc) is 3.55. The molecule has 238 valence electrons. The summed E-state index contributed by atoms with van der Waals surface area (Å²) in [5.41, 5.74) is 1.87. The van der Waals surface area contributed by atoms with Crippen LogP contribution in [0.2, 0.25) is 0 Å². The van der Waals surface area contributed by atoms with Gasteiger partial charge in [-0.15, -0.1) is 0 Å². The lowest BCUT2D eigenvalue weighted by Crippen LogP contribution is -2.14. The number of alkyl halides is 6. The topological polar surface area (TPSA) is 9.86 Å². The molecule has 0 aliphatic carbocycles. The van der Waals surface area contributed by atoms with Gasteiger partial charge in [0.1, 0.15) is 0 Å². The lowest BCUT2D eigenvalue weighted by molar-refractivity contribution is -0.139. The molecule has 6 aromatic carbocycles. The number of aromatic nitrogens is 2. The maximum atomic E-state index is 15.2. The van der Waals surface area contributed by atoms with Crippen molar-refractivity contribution in [3.05, 3.63) is 144 Å². The molecule has 0 aliphatic rings. The zero-order valence-electron chi connectivity index (χ0n) is 25.7. The minimum Gasteiger partial charge on any atom is -0.307 e. The van der Waals surface area contributed by atoms with Gasteiger partial charge in [-0.05, 0) is 79.6 Å². The van der Waals surface area contributed by atoms with Crippen LogP contribution in [0.5, 0.6) is 0 Å². The number of nitrogens with zero attached hydrogens (tertiary/aromatic N) is 2. The molecule has 0 unspecified atom stereocenters. The van der Waals surface area contributed by atoms with Crippen molar-refractivity contribution < 1.29 is 26.3 Å². The van der Waals surface area contributed by atoms with Gasteiger partial charge in [0.15, 0.2) is 0 Å². The number of hydrogen-bond donors (Lipinski definition) is 0. The van der Waals surface area contributed by atoms with Gasteiger partial charge in [-0.25, -0.2) is 0 Å². The summed E-state index contributed by atoms with van der Waals surface area (Å²) in [7, 11) is 0. The van der Waals surface area contributed by atoms with Crippen molar-refractivity contribution in [2.24, 2.45) is 0 Å². The third kappa shape index (κ3) is 4.58. The number of benzene rings is 6. The van der Waals surface area contributed by atoms with E-state index in [-0.39, 0.29) is 5.69 Å². The van der Waals surface area contributed by atoms with Gasteiger partial charge in [0.25, 0.3) is 0 Å². The van der Waals surface area contributed by atoms with Gasteiger partial charge in [0.05, 0.1) is 44.6 Å². The molecule has 0 N–H and O–H groups in total. The van der Waals surface area contributed by atoms with Gasteiger partial charge < -0.3 is 9.13 Å². The standard InChI is InChI=1S/C40H26F6N2/c1-23-15-17-35-29(19-23)26-10-4-7-13-33(26)47(35)37-21-28(25-9-3-6-12-31(25)39(41,42)43)32(40(44,45)46)22-38(37)48-34-14-8-5-11-27(34)30-20-24(2)16-18-36(30)48/h3-22H,1-2H3. The van der Waals surface area contributed by atoms with Gasteiger partial charge >= 0.3 is 12.4 Å². The molecule has 0 saturated heterocycles. The summed E-state index contributed by atoms with van der Waals surface area (Å²) in [6.07, 6.45) is -9.86. The molecule has 0 spiro atoms. The normalized spacial score (nSPS) is 12.6. The molecule has 2 aromatic heterocycles. The Hall–Kier alpha value is -5.50. The zero-order chi connectivity index (χ0) is 33.5. The summed E-state index contributed by atoms with van der Waals surface area (Å²) in [6, 6.07) is 33.4. The van der Waals surface area contributed by atoms with Crippen molar-refractivity contribution in [3.8, 4) is 22.5 Å². The van der Waals surface area contributed by atoms with E-state index in [9.17, 15) is 13.2 Å². The van der Waals surface area contributed by atoms with E-state index in [2.05, 4.69) is 0 Å². The maximum absolute atomic E-state index is 15.2. The Morgan fingerprint density at radius 2 is 0.833 bits per heavy atom. The molecule has 0 aliphatic heterocycles. The summed E-state index contributed by atoms with van der Waals surface area (Å²) in [5, 5.41) is 3.46. The molecule has 0 atom stereocenters. The highest BCUT2D eigenvalue weighted by molar-refractivity contribution is 6.12. The summed E-state index contributed by atoms with van der Waals surface area (Å²) in [6.45, 7) is 3.91. The van der Waals surface area contributed by atoms with E-state index in [4.69, 9.17) is 0 Å². The minimum absolute atomic E-state index is 0.189. The number of halogens is 6. The van der Waals surface area contributed by atoms with E-state index in [1.54, 1.807) is 4.57 Å². The molecule has 0 bridgehead atoms. The fourth-order valence-corrected chi connectivity index (χ4v) is 7.05. The van der Waals surface area contributed by atoms with Crippen molar-refractivity contribution in [2.75, 3.05) is 0 Å². The second kappa shape index (κ2) is 10.5. The van der Waals surface area contributed by atoms with Crippen LogP contribution >= 0.6 is 0 Å². The van der Waals surface area contributed by atoms with Crippen LogP contribution in [-0.4, -0.2) is 9.13 Å². The van der Waals surface area contributed by atoms with Crippen molar-refractivity contribution in [1.29, 1.82) is 0 Å². The summed E-state index contributed by atoms with van der Waals surface area (Å²) < 4.78 is 92.4. The SMILES string of the molecule is Cc1ccc2c(c1)c1ccccc1n2-c1cc(-c2ccccc2C(F)(F)F)c(C(F)(F)F)cc1-n1c2ccccc2c2cc(C)ccc21. The quantitative estimate of drug-likeness (QED) is 0.169. The molecule has 0 saturated carbocycles. The first-order valence-corrected chi connectivity index (χ1v) is 15.3. The van der Waals surface area contributed by atoms with Crippen molar-refractivity contribution in [2.45, 2.75) is 26.2 Å². The highest BCUT2D eigenvalue weighted by Crippen LogP contribution is 2.47. The fraction of sp³-hybridized carbons (Fsp3) is 0.100. The van der Waals surface area contributed by atoms with E-state index >= 15 is 13.2 Å². The Bertz CT molecular complexity index is 2560. The number of para-hydroxylation sites is 2. The Balaban J connectivity index is 1.61. The van der Waals surface area contributed by atoms with Gasteiger partial charge in [0, 0.05) is 21.5 Å². The second-order valence-electron chi connectivity index (χ2n) is 12.2. The molecule has 48 heavy (non-hydrogen) atoms. The monoisotopic (exact) mass is 648 g/mol. The van der Waals surface area contributed by atoms with Crippen LogP contribution in [0.3, 0.4) is 0 Å². The van der Waals surface area contributed by atoms with Gasteiger partial charge in [0.2, 0.25) is 0 Å². The first-order valence-electron chi connectivity index (χ1n) is 15.3. The number of hydrogen-bond acceptors (Lipinski definition) is 0. The van der Waals surface area contributed by atoms with Gasteiger partial charge in [-0.3, -0.25) is 0 Å². The highest BCUT2D eigenvalue weighted by atomic mass is 19.4. The molecule has 8 rings (SSSR count). The van der Waals surface area contributed by atoms with Crippen LogP contribution in [0, 0.1) is 13.8 Å². The van der Waals surface area contributed by atoms with E-state index < -0.39 is 34.6 Å². The number of aryl methyl sites for hydroxylation is 2. The zero-order valence-corrected chi connectivity index (χ0v) is 25.7. The lowest BCUT2D eigenvalue weighted by atomic mass is 9.93. The van der Waals surface area contributed by atoms with Crippen LogP contribution in [-0.2, 0) is 12.4 Å². The Labute approximate surface area is 271 Å². The largest absolute Gasteiger partial charge is 0.417 e. The summed E-state index contributed by atoms with van der Waals surface area (Å²) >= 11 is 0. The lowest BCUT2D eigenvalue weighted by Gasteiger charge is -2.23. The van der Waals surface area contributed by atoms with E-state index in [1.165, 1.54) is 18.2 Å². The number of fused-ring (bicyclic) bond motifs is 6. The molecule has 2 nitrogen and oxygen atoms in total. The predicted molar refractivity (Wildman–Crippen MR) is 180 cm³/mol. The first-order chi connectivity index (χ1) is 22.9. The van der Waals surface area contributed by atoms with Gasteiger partial charge in [-0.2, -0.15) is 26.3 Å². The Morgan fingerprint density at radius 1 is 0.396 bits per heavy atom. The molecule has 2 heterocycles. The van der Waals surface area contributed by atoms with Crippen LogP contribution < -0.4 is 0 Å². The van der Waals surface area contributed by atoms with Crippen LogP contribution in [0.1, 0.15) is 22.3 Å². The van der Waals surface area contributed by atoms with Crippen molar-refractivity contribution in [3.63, 3.8) is 0 Å². The van der Waals surface area contributed by atoms with E-state index in [0.29, 0.717) is 22.2 Å². The smallest absolute Gasteiger partial charge is 0.307 e. The molecular formula is C40H26F6N2. The van der Waals surface area contributed by atoms with Crippen LogP contribution in [0.15, 0.2) is 121 Å². The molecular weight excluding hydrogens is 622 g/mol. The molecule has 0 amide bonds. The average molecular weight is 649 g/mol. The van der Waals surface area contributed by atoms with Crippen LogP contribution in [0.25, 0.3) is 66.1 Å². The van der Waals surface area contributed by atoms with Crippen molar-refractivity contribution >= 4 is 43.6 Å². The van der Waals surface area contributed by atoms with Crippen LogP contribution in [0.4, 0.5) is 26.3 Å². The number of rotatable bonds is 3. The third-order valence-corrected chi connectivity index (χ3v) is 9.08. The third-order valence-electron chi connectivity index (χ3n) is 9.08. The molecule has 8 heteroatoms. The minimum atomic E-state index is -4.98. The highest BCUT2D eigenvalue weighted by Gasteiger charge is 2.39. The Morgan fingerprint density at radius 3 is 1.35 bits per heavy atom. The predicted octanol–water partition coefficient (Wildman–Crippen LogP) is 12.2. The first kappa shape index (κ1) is 29.9. The maximum Gasteiger partial charge on any atom is 0.417 e. The summed E-state index contributed by atoms with van der Waals surface area (Å²) in [4.78, 5) is 0. The van der Waals surface area contributed by atoms with E-state index in [0.717, 1.165) is 56.4 Å². The summed E-state index contributed by atoms with van der Waals surface area (Å²) in [5.74, 6) is 0. The van der Waals surface area contributed by atoms with Crippen molar-refractivity contribution in [1.82, 2.24) is 9.13 Å². The molecule has 8 aromatic rings. The molecule has 0 fully saturated rings. The Kier molecular flexibility index (Phi) is 6.54.